The van der Waals surface area contributed by atoms with Crippen molar-refractivity contribution in [3.05, 3.63) is 0 Å². The van der Waals surface area contributed by atoms with E-state index in [0.29, 0.717) is 13.1 Å². The third kappa shape index (κ3) is 2.60. The maximum absolute atomic E-state index is 12.1. The molecule has 2 saturated heterocycles. The van der Waals surface area contributed by atoms with Crippen LogP contribution in [0.1, 0.15) is 40.5 Å². The van der Waals surface area contributed by atoms with Crippen LogP contribution in [-0.4, -0.2) is 41.6 Å². The Morgan fingerprint density at radius 3 is 2.78 bits per heavy atom. The summed E-state index contributed by atoms with van der Waals surface area (Å²) in [6.07, 6.45) is 1.26. The molecule has 1 N–H and O–H groups in total. The van der Waals surface area contributed by atoms with Crippen LogP contribution in [0.25, 0.3) is 0 Å². The molecule has 2 rings (SSSR count). The summed E-state index contributed by atoms with van der Waals surface area (Å²) in [7, 11) is 0. The van der Waals surface area contributed by atoms with Crippen molar-refractivity contribution in [1.29, 1.82) is 0 Å². The number of carbonyl (C=O) groups excluding carboxylic acids is 2. The zero-order chi connectivity index (χ0) is 13.6. The van der Waals surface area contributed by atoms with Crippen molar-refractivity contribution in [3.8, 4) is 0 Å². The Balaban J connectivity index is 2.15. The van der Waals surface area contributed by atoms with Crippen molar-refractivity contribution < 1.29 is 14.3 Å². The second-order valence-electron chi connectivity index (χ2n) is 6.68. The van der Waals surface area contributed by atoms with Crippen molar-refractivity contribution in [2.24, 2.45) is 5.41 Å². The molecule has 2 unspecified atom stereocenters. The van der Waals surface area contributed by atoms with Crippen LogP contribution in [0.5, 0.6) is 0 Å². The Kier molecular flexibility index (Phi) is 3.03. The molecular formula is C13H22N2O3. The molecule has 5 heteroatoms. The molecule has 18 heavy (non-hydrogen) atoms. The highest BCUT2D eigenvalue weighted by Crippen LogP contribution is 2.39. The molecule has 0 radical (unpaired) electrons. The van der Waals surface area contributed by atoms with Gasteiger partial charge in [-0.05, 0) is 39.0 Å². The first kappa shape index (κ1) is 13.2. The van der Waals surface area contributed by atoms with Crippen molar-refractivity contribution in [3.63, 3.8) is 0 Å². The number of fused-ring (bicyclic) bond motifs is 2. The zero-order valence-corrected chi connectivity index (χ0v) is 11.6. The van der Waals surface area contributed by atoms with Crippen LogP contribution in [0, 0.1) is 5.41 Å². The first-order valence-electron chi connectivity index (χ1n) is 6.48. The summed E-state index contributed by atoms with van der Waals surface area (Å²) in [5.74, 6) is -0.0536. The fourth-order valence-electron chi connectivity index (χ4n) is 2.70. The molecule has 0 aromatic heterocycles. The number of likely N-dealkylation sites (tertiary alicyclic amines) is 1. The molecule has 0 aromatic rings. The van der Waals surface area contributed by atoms with Gasteiger partial charge < -0.3 is 10.1 Å². The normalized spacial score (nSPS) is 31.9. The van der Waals surface area contributed by atoms with Gasteiger partial charge in [0.15, 0.2) is 0 Å². The second kappa shape index (κ2) is 4.14. The number of hydrogen-bond donors (Lipinski definition) is 1. The standard InChI is InChI=1S/C13H22N2O3/c1-12(2,3)18-11(17)15-8-13(4)5-6-14-10(16)9(15)7-13/h9H,5-8H2,1-4H3,(H,14,16). The van der Waals surface area contributed by atoms with Crippen LogP contribution in [0.3, 0.4) is 0 Å². The molecule has 2 bridgehead atoms. The summed E-state index contributed by atoms with van der Waals surface area (Å²) >= 11 is 0. The molecule has 2 amide bonds. The maximum atomic E-state index is 12.1. The lowest BCUT2D eigenvalue weighted by Crippen LogP contribution is -2.48. The van der Waals surface area contributed by atoms with E-state index in [0.717, 1.165) is 12.8 Å². The molecule has 2 atom stereocenters. The number of nitrogens with zero attached hydrogens (tertiary/aromatic N) is 1. The van der Waals surface area contributed by atoms with Crippen molar-refractivity contribution in [2.75, 3.05) is 13.1 Å². The Morgan fingerprint density at radius 1 is 1.50 bits per heavy atom. The highest BCUT2D eigenvalue weighted by atomic mass is 16.6. The molecule has 2 fully saturated rings. The monoisotopic (exact) mass is 254 g/mol. The lowest BCUT2D eigenvalue weighted by atomic mass is 9.85. The summed E-state index contributed by atoms with van der Waals surface area (Å²) in [4.78, 5) is 25.6. The van der Waals surface area contributed by atoms with Gasteiger partial charge in [0.2, 0.25) is 5.91 Å². The Hall–Kier alpha value is -1.26. The van der Waals surface area contributed by atoms with Gasteiger partial charge in [-0.1, -0.05) is 6.92 Å². The summed E-state index contributed by atoms with van der Waals surface area (Å²) in [5.41, 5.74) is -0.498. The molecule has 2 aliphatic heterocycles. The van der Waals surface area contributed by atoms with Crippen LogP contribution < -0.4 is 5.32 Å². The van der Waals surface area contributed by atoms with E-state index < -0.39 is 5.60 Å². The highest BCUT2D eigenvalue weighted by Gasteiger charge is 2.48. The van der Waals surface area contributed by atoms with Crippen molar-refractivity contribution in [2.45, 2.75) is 52.2 Å². The van der Waals surface area contributed by atoms with Crippen LogP contribution in [0.4, 0.5) is 4.79 Å². The van der Waals surface area contributed by atoms with Crippen molar-refractivity contribution in [1.82, 2.24) is 10.2 Å². The smallest absolute Gasteiger partial charge is 0.410 e. The summed E-state index contributed by atoms with van der Waals surface area (Å²) in [6, 6.07) is -0.368. The Bertz CT molecular complexity index is 375. The minimum Gasteiger partial charge on any atom is -0.444 e. The Morgan fingerprint density at radius 2 is 2.17 bits per heavy atom. The molecule has 0 spiro atoms. The van der Waals surface area contributed by atoms with E-state index >= 15 is 0 Å². The number of rotatable bonds is 0. The zero-order valence-electron chi connectivity index (χ0n) is 11.6. The van der Waals surface area contributed by atoms with Gasteiger partial charge in [0, 0.05) is 13.1 Å². The number of amides is 2. The van der Waals surface area contributed by atoms with E-state index in [-0.39, 0.29) is 23.5 Å². The van der Waals surface area contributed by atoms with E-state index in [1.807, 2.05) is 20.8 Å². The van der Waals surface area contributed by atoms with Crippen LogP contribution in [0.15, 0.2) is 0 Å². The third-order valence-corrected chi connectivity index (χ3v) is 3.57. The molecule has 0 aliphatic carbocycles. The van der Waals surface area contributed by atoms with Gasteiger partial charge >= 0.3 is 6.09 Å². The Labute approximate surface area is 108 Å². The summed E-state index contributed by atoms with van der Waals surface area (Å²) in [6.45, 7) is 8.95. The van der Waals surface area contributed by atoms with Gasteiger partial charge in [-0.3, -0.25) is 9.69 Å². The average Bonchev–Trinajstić information content (AvgIpc) is 2.46. The van der Waals surface area contributed by atoms with Crippen LogP contribution in [-0.2, 0) is 9.53 Å². The summed E-state index contributed by atoms with van der Waals surface area (Å²) in [5, 5.41) is 2.86. The average molecular weight is 254 g/mol. The minimum atomic E-state index is -0.527. The molecule has 2 heterocycles. The summed E-state index contributed by atoms with van der Waals surface area (Å²) < 4.78 is 5.37. The number of hydrogen-bond acceptors (Lipinski definition) is 3. The number of nitrogens with one attached hydrogen (secondary N) is 1. The minimum absolute atomic E-state index is 0.0285. The third-order valence-electron chi connectivity index (χ3n) is 3.57. The van der Waals surface area contributed by atoms with E-state index in [9.17, 15) is 9.59 Å². The molecule has 0 aromatic carbocycles. The van der Waals surface area contributed by atoms with E-state index in [1.165, 1.54) is 0 Å². The highest BCUT2D eigenvalue weighted by molar-refractivity contribution is 5.86. The predicted molar refractivity (Wildman–Crippen MR) is 67.1 cm³/mol. The largest absolute Gasteiger partial charge is 0.444 e. The van der Waals surface area contributed by atoms with E-state index in [1.54, 1.807) is 4.90 Å². The molecule has 5 nitrogen and oxygen atoms in total. The van der Waals surface area contributed by atoms with Crippen LogP contribution in [0.2, 0.25) is 0 Å². The van der Waals surface area contributed by atoms with Gasteiger partial charge in [-0.25, -0.2) is 4.79 Å². The molecule has 2 aliphatic rings. The fourth-order valence-corrected chi connectivity index (χ4v) is 2.70. The lowest BCUT2D eigenvalue weighted by molar-refractivity contribution is -0.125. The van der Waals surface area contributed by atoms with Gasteiger partial charge in [0.05, 0.1) is 0 Å². The van der Waals surface area contributed by atoms with Gasteiger partial charge in [0.25, 0.3) is 0 Å². The first-order chi connectivity index (χ1) is 8.20. The lowest BCUT2D eigenvalue weighted by Gasteiger charge is -2.30. The predicted octanol–water partition coefficient (Wildman–Crippen LogP) is 1.52. The molecule has 102 valence electrons. The second-order valence-corrected chi connectivity index (χ2v) is 6.68. The maximum Gasteiger partial charge on any atom is 0.410 e. The van der Waals surface area contributed by atoms with Crippen molar-refractivity contribution >= 4 is 12.0 Å². The van der Waals surface area contributed by atoms with Crippen LogP contribution >= 0.6 is 0 Å². The van der Waals surface area contributed by atoms with Gasteiger partial charge in [-0.15, -0.1) is 0 Å². The first-order valence-corrected chi connectivity index (χ1v) is 6.48. The quantitative estimate of drug-likeness (QED) is 0.713. The molecule has 0 saturated carbocycles. The van der Waals surface area contributed by atoms with E-state index in [2.05, 4.69) is 12.2 Å². The SMILES string of the molecule is CC12CCNC(=O)C(C1)N(C(=O)OC(C)(C)C)C2. The van der Waals surface area contributed by atoms with E-state index in [4.69, 9.17) is 4.74 Å². The number of carbonyl (C=O) groups is 2. The van der Waals surface area contributed by atoms with Gasteiger partial charge in [-0.2, -0.15) is 0 Å². The van der Waals surface area contributed by atoms with Gasteiger partial charge in [0.1, 0.15) is 11.6 Å². The number of ether oxygens (including phenoxy) is 1. The molecular weight excluding hydrogens is 232 g/mol. The topological polar surface area (TPSA) is 58.6 Å². The fraction of sp³-hybridized carbons (Fsp3) is 0.846.